The van der Waals surface area contributed by atoms with E-state index in [1.54, 1.807) is 0 Å². The molecule has 0 aliphatic carbocycles. The summed E-state index contributed by atoms with van der Waals surface area (Å²) in [6, 6.07) is 9.98. The minimum absolute atomic E-state index is 0.735. The Hall–Kier alpha value is -0.500. The number of para-hydroxylation sites is 1. The van der Waals surface area contributed by atoms with E-state index in [4.69, 9.17) is 4.74 Å². The van der Waals surface area contributed by atoms with Crippen LogP contribution in [0.3, 0.4) is 0 Å². The second-order valence-electron chi connectivity index (χ2n) is 3.38. The van der Waals surface area contributed by atoms with Crippen LogP contribution in [0.25, 0.3) is 0 Å². The molecule has 1 unspecified atom stereocenters. The Bertz CT molecular complexity index is 231. The van der Waals surface area contributed by atoms with Crippen molar-refractivity contribution in [1.82, 2.24) is 0 Å². The fourth-order valence-corrected chi connectivity index (χ4v) is 2.03. The average Bonchev–Trinajstić information content (AvgIpc) is 2.26. The van der Waals surface area contributed by atoms with E-state index in [2.05, 4.69) is 22.9 Å². The topological polar surface area (TPSA) is 9.23 Å². The van der Waals surface area contributed by atoms with Crippen LogP contribution >= 0.6 is 15.9 Å². The molecule has 0 aliphatic rings. The molecule has 0 saturated heterocycles. The second kappa shape index (κ2) is 6.88. The lowest BCUT2D eigenvalue weighted by Crippen LogP contribution is -2.07. The van der Waals surface area contributed by atoms with Gasteiger partial charge in [-0.05, 0) is 24.5 Å². The van der Waals surface area contributed by atoms with E-state index < -0.39 is 0 Å². The second-order valence-corrected chi connectivity index (χ2v) is 4.03. The van der Waals surface area contributed by atoms with E-state index >= 15 is 0 Å². The number of hydrogen-bond donors (Lipinski definition) is 0. The van der Waals surface area contributed by atoms with Gasteiger partial charge in [0.05, 0.1) is 6.61 Å². The maximum absolute atomic E-state index is 5.62. The summed E-state index contributed by atoms with van der Waals surface area (Å²) in [4.78, 5) is 0. The lowest BCUT2D eigenvalue weighted by molar-refractivity contribution is 0.283. The van der Waals surface area contributed by atoms with E-state index in [0.717, 1.165) is 30.0 Å². The van der Waals surface area contributed by atoms with E-state index in [0.29, 0.717) is 0 Å². The lowest BCUT2D eigenvalue weighted by Gasteiger charge is -2.11. The van der Waals surface area contributed by atoms with E-state index in [1.807, 2.05) is 30.3 Å². The van der Waals surface area contributed by atoms with Crippen molar-refractivity contribution in [1.29, 1.82) is 0 Å². The molecule has 0 aliphatic heterocycles. The van der Waals surface area contributed by atoms with Crippen LogP contribution in [0.2, 0.25) is 0 Å². The van der Waals surface area contributed by atoms with Gasteiger partial charge in [-0.25, -0.2) is 0 Å². The summed E-state index contributed by atoms with van der Waals surface area (Å²) in [6.07, 6.45) is 2.33. The molecular weight excluding hydrogens is 240 g/mol. The van der Waals surface area contributed by atoms with Gasteiger partial charge in [0.2, 0.25) is 0 Å². The first kappa shape index (κ1) is 11.6. The van der Waals surface area contributed by atoms with Gasteiger partial charge in [0, 0.05) is 5.33 Å². The minimum Gasteiger partial charge on any atom is -0.494 e. The Morgan fingerprint density at radius 3 is 2.57 bits per heavy atom. The molecule has 1 nitrogen and oxygen atoms in total. The summed E-state index contributed by atoms with van der Waals surface area (Å²) >= 11 is 3.51. The third-order valence-electron chi connectivity index (χ3n) is 2.33. The predicted molar refractivity (Wildman–Crippen MR) is 64.1 cm³/mol. The zero-order chi connectivity index (χ0) is 10.2. The first-order valence-corrected chi connectivity index (χ1v) is 6.22. The van der Waals surface area contributed by atoms with Gasteiger partial charge >= 0.3 is 0 Å². The summed E-state index contributed by atoms with van der Waals surface area (Å²) in [5.74, 6) is 1.70. The van der Waals surface area contributed by atoms with Crippen molar-refractivity contribution < 1.29 is 4.74 Å². The Balaban J connectivity index is 2.21. The van der Waals surface area contributed by atoms with Gasteiger partial charge in [-0.2, -0.15) is 0 Å². The SMILES string of the molecule is CCC(CBr)CCOc1ccccc1. The standard InChI is InChI=1S/C12H17BrO/c1-2-11(10-13)8-9-14-12-6-4-3-5-7-12/h3-7,11H,2,8-10H2,1H3. The Kier molecular flexibility index (Phi) is 5.69. The number of alkyl halides is 1. The van der Waals surface area contributed by atoms with Crippen molar-refractivity contribution >= 4 is 15.9 Å². The zero-order valence-electron chi connectivity index (χ0n) is 8.58. The van der Waals surface area contributed by atoms with Crippen molar-refractivity contribution in [2.45, 2.75) is 19.8 Å². The molecule has 78 valence electrons. The van der Waals surface area contributed by atoms with E-state index in [-0.39, 0.29) is 0 Å². The fourth-order valence-electron chi connectivity index (χ4n) is 1.25. The molecule has 14 heavy (non-hydrogen) atoms. The molecule has 0 radical (unpaired) electrons. The molecule has 0 fully saturated rings. The van der Waals surface area contributed by atoms with Crippen molar-refractivity contribution in [2.24, 2.45) is 5.92 Å². The van der Waals surface area contributed by atoms with Gasteiger partial charge in [0.25, 0.3) is 0 Å². The third kappa shape index (κ3) is 4.14. The highest BCUT2D eigenvalue weighted by atomic mass is 79.9. The molecule has 0 bridgehead atoms. The number of halogens is 1. The number of rotatable bonds is 6. The summed E-state index contributed by atoms with van der Waals surface area (Å²) in [5, 5.41) is 1.07. The van der Waals surface area contributed by atoms with Crippen molar-refractivity contribution in [3.05, 3.63) is 30.3 Å². The van der Waals surface area contributed by atoms with Crippen LogP contribution in [0.15, 0.2) is 30.3 Å². The van der Waals surface area contributed by atoms with Gasteiger partial charge in [-0.1, -0.05) is 47.5 Å². The van der Waals surface area contributed by atoms with E-state index in [9.17, 15) is 0 Å². The van der Waals surface area contributed by atoms with Crippen molar-refractivity contribution in [3.63, 3.8) is 0 Å². The minimum atomic E-state index is 0.735. The molecule has 0 N–H and O–H groups in total. The molecule has 0 heterocycles. The normalized spacial score (nSPS) is 12.4. The highest BCUT2D eigenvalue weighted by molar-refractivity contribution is 9.09. The summed E-state index contributed by atoms with van der Waals surface area (Å²) in [6.45, 7) is 3.03. The van der Waals surface area contributed by atoms with Crippen LogP contribution in [0, 0.1) is 5.92 Å². The summed E-state index contributed by atoms with van der Waals surface area (Å²) in [7, 11) is 0. The van der Waals surface area contributed by atoms with Gasteiger partial charge in [-0.3, -0.25) is 0 Å². The average molecular weight is 257 g/mol. The first-order valence-electron chi connectivity index (χ1n) is 5.10. The smallest absolute Gasteiger partial charge is 0.119 e. The third-order valence-corrected chi connectivity index (χ3v) is 3.25. The maximum Gasteiger partial charge on any atom is 0.119 e. The van der Waals surface area contributed by atoms with Gasteiger partial charge < -0.3 is 4.74 Å². The molecule has 0 amide bonds. The molecule has 0 aromatic heterocycles. The molecule has 0 saturated carbocycles. The Morgan fingerprint density at radius 1 is 1.29 bits per heavy atom. The van der Waals surface area contributed by atoms with Gasteiger partial charge in [-0.15, -0.1) is 0 Å². The van der Waals surface area contributed by atoms with Gasteiger partial charge in [0.1, 0.15) is 5.75 Å². The zero-order valence-corrected chi connectivity index (χ0v) is 10.2. The number of hydrogen-bond acceptors (Lipinski definition) is 1. The molecule has 1 aromatic rings. The fraction of sp³-hybridized carbons (Fsp3) is 0.500. The lowest BCUT2D eigenvalue weighted by atomic mass is 10.1. The molecule has 2 heteroatoms. The van der Waals surface area contributed by atoms with Gasteiger partial charge in [0.15, 0.2) is 0 Å². The largest absolute Gasteiger partial charge is 0.494 e. The molecule has 1 atom stereocenters. The van der Waals surface area contributed by atoms with Crippen LogP contribution in [0.5, 0.6) is 5.75 Å². The molecule has 1 rings (SSSR count). The molecule has 1 aromatic carbocycles. The van der Waals surface area contributed by atoms with Crippen LogP contribution in [-0.2, 0) is 0 Å². The van der Waals surface area contributed by atoms with Crippen LogP contribution in [-0.4, -0.2) is 11.9 Å². The van der Waals surface area contributed by atoms with Crippen LogP contribution < -0.4 is 4.74 Å². The quantitative estimate of drug-likeness (QED) is 0.703. The summed E-state index contributed by atoms with van der Waals surface area (Å²) in [5.41, 5.74) is 0. The molecule has 0 spiro atoms. The van der Waals surface area contributed by atoms with E-state index in [1.165, 1.54) is 6.42 Å². The highest BCUT2D eigenvalue weighted by Crippen LogP contribution is 2.13. The monoisotopic (exact) mass is 256 g/mol. The van der Waals surface area contributed by atoms with Crippen LogP contribution in [0.1, 0.15) is 19.8 Å². The Labute approximate surface area is 94.6 Å². The first-order chi connectivity index (χ1) is 6.86. The predicted octanol–water partition coefficient (Wildman–Crippen LogP) is 3.88. The number of ether oxygens (including phenoxy) is 1. The maximum atomic E-state index is 5.62. The molecular formula is C12H17BrO. The Morgan fingerprint density at radius 2 is 2.00 bits per heavy atom. The highest BCUT2D eigenvalue weighted by Gasteiger charge is 2.03. The number of benzene rings is 1. The summed E-state index contributed by atoms with van der Waals surface area (Å²) < 4.78 is 5.62. The van der Waals surface area contributed by atoms with Crippen LogP contribution in [0.4, 0.5) is 0 Å². The van der Waals surface area contributed by atoms with Crippen molar-refractivity contribution in [3.8, 4) is 5.75 Å². The van der Waals surface area contributed by atoms with Crippen molar-refractivity contribution in [2.75, 3.05) is 11.9 Å².